The number of benzene rings is 1. The molecular weight excluding hydrogens is 152 g/mol. The highest BCUT2D eigenvalue weighted by atomic mass is 32.2. The zero-order valence-corrected chi connectivity index (χ0v) is 8.03. The van der Waals surface area contributed by atoms with Crippen LogP contribution in [0.1, 0.15) is 20.8 Å². The zero-order valence-electron chi connectivity index (χ0n) is 7.22. The lowest BCUT2D eigenvalue weighted by atomic mass is 10.3. The molecule has 0 amide bonds. The quantitative estimate of drug-likeness (QED) is 0.575. The van der Waals surface area contributed by atoms with Gasteiger partial charge in [0.05, 0.1) is 0 Å². The molecule has 0 aliphatic heterocycles. The summed E-state index contributed by atoms with van der Waals surface area (Å²) in [7, 11) is 0. The van der Waals surface area contributed by atoms with Gasteiger partial charge in [0.25, 0.3) is 0 Å². The molecule has 0 saturated carbocycles. The zero-order chi connectivity index (χ0) is 8.32. The Balaban J connectivity index is 2.66. The number of rotatable bonds is 1. The van der Waals surface area contributed by atoms with E-state index in [9.17, 15) is 0 Å². The maximum atomic E-state index is 3.06. The van der Waals surface area contributed by atoms with Crippen molar-refractivity contribution in [3.63, 3.8) is 0 Å². The van der Waals surface area contributed by atoms with Crippen molar-refractivity contribution in [2.75, 3.05) is 0 Å². The fourth-order valence-corrected chi connectivity index (χ4v) is 1.77. The van der Waals surface area contributed by atoms with Crippen LogP contribution >= 0.6 is 11.8 Å². The van der Waals surface area contributed by atoms with Crippen LogP contribution in [-0.4, -0.2) is 4.75 Å². The van der Waals surface area contributed by atoms with Crippen LogP contribution in [0.5, 0.6) is 0 Å². The topological polar surface area (TPSA) is 0 Å². The van der Waals surface area contributed by atoms with Gasteiger partial charge in [0.2, 0.25) is 0 Å². The molecule has 1 radical (unpaired) electrons. The average molecular weight is 165 g/mol. The van der Waals surface area contributed by atoms with Crippen LogP contribution < -0.4 is 0 Å². The summed E-state index contributed by atoms with van der Waals surface area (Å²) >= 11 is 1.87. The van der Waals surface area contributed by atoms with Gasteiger partial charge in [0, 0.05) is 9.64 Å². The fourth-order valence-electron chi connectivity index (χ4n) is 0.794. The highest BCUT2D eigenvalue weighted by Crippen LogP contribution is 2.30. The van der Waals surface area contributed by atoms with E-state index in [1.165, 1.54) is 4.90 Å². The Morgan fingerprint density at radius 1 is 1.36 bits per heavy atom. The van der Waals surface area contributed by atoms with Gasteiger partial charge >= 0.3 is 0 Å². The van der Waals surface area contributed by atoms with E-state index in [2.05, 4.69) is 32.9 Å². The molecule has 1 aromatic rings. The number of thioether (sulfide) groups is 1. The van der Waals surface area contributed by atoms with Crippen molar-refractivity contribution in [2.24, 2.45) is 0 Å². The van der Waals surface area contributed by atoms with E-state index in [0.717, 1.165) is 0 Å². The van der Waals surface area contributed by atoms with Crippen LogP contribution in [0.15, 0.2) is 29.2 Å². The van der Waals surface area contributed by atoms with Gasteiger partial charge in [-0.3, -0.25) is 0 Å². The minimum Gasteiger partial charge on any atom is -0.120 e. The highest BCUT2D eigenvalue weighted by Gasteiger charge is 2.10. The van der Waals surface area contributed by atoms with E-state index >= 15 is 0 Å². The second-order valence-corrected chi connectivity index (χ2v) is 5.35. The first-order chi connectivity index (χ1) is 5.08. The molecule has 0 aliphatic rings. The van der Waals surface area contributed by atoms with Gasteiger partial charge in [-0.1, -0.05) is 32.9 Å². The van der Waals surface area contributed by atoms with E-state index < -0.39 is 0 Å². The Hall–Kier alpha value is -0.430. The lowest BCUT2D eigenvalue weighted by molar-refractivity contribution is 0.803. The van der Waals surface area contributed by atoms with Crippen LogP contribution in [-0.2, 0) is 0 Å². The Morgan fingerprint density at radius 3 is 2.55 bits per heavy atom. The number of hydrogen-bond acceptors (Lipinski definition) is 1. The normalized spacial score (nSPS) is 11.5. The van der Waals surface area contributed by atoms with Crippen LogP contribution in [0, 0.1) is 6.07 Å². The molecule has 0 N–H and O–H groups in total. The van der Waals surface area contributed by atoms with Crippen LogP contribution in [0.25, 0.3) is 0 Å². The van der Waals surface area contributed by atoms with Gasteiger partial charge in [0.1, 0.15) is 0 Å². The molecule has 0 saturated heterocycles. The summed E-state index contributed by atoms with van der Waals surface area (Å²) in [4.78, 5) is 1.29. The maximum absolute atomic E-state index is 3.06. The van der Waals surface area contributed by atoms with Crippen molar-refractivity contribution in [2.45, 2.75) is 30.4 Å². The minimum atomic E-state index is 0.301. The third-order valence-corrected chi connectivity index (χ3v) is 2.20. The Labute approximate surface area is 73.0 Å². The molecule has 0 spiro atoms. The van der Waals surface area contributed by atoms with Crippen molar-refractivity contribution in [1.82, 2.24) is 0 Å². The van der Waals surface area contributed by atoms with E-state index in [4.69, 9.17) is 0 Å². The standard InChI is InChI=1S/C10H13S/c1-10(2,3)11-9-7-5-4-6-8-9/h4-5,7-8H,1-3H3. The average Bonchev–Trinajstić information content (AvgIpc) is 1.85. The van der Waals surface area contributed by atoms with E-state index in [1.54, 1.807) is 0 Å². The van der Waals surface area contributed by atoms with Gasteiger partial charge < -0.3 is 0 Å². The lowest BCUT2D eigenvalue weighted by Gasteiger charge is -2.16. The largest absolute Gasteiger partial charge is 0.120 e. The van der Waals surface area contributed by atoms with Crippen molar-refractivity contribution < 1.29 is 0 Å². The van der Waals surface area contributed by atoms with E-state index in [0.29, 0.717) is 4.75 Å². The fraction of sp³-hybridized carbons (Fsp3) is 0.400. The molecule has 0 nitrogen and oxygen atoms in total. The number of hydrogen-bond donors (Lipinski definition) is 0. The first-order valence-electron chi connectivity index (χ1n) is 3.73. The van der Waals surface area contributed by atoms with Crippen LogP contribution in [0.3, 0.4) is 0 Å². The Bertz CT molecular complexity index is 208. The highest BCUT2D eigenvalue weighted by molar-refractivity contribution is 8.00. The van der Waals surface area contributed by atoms with E-state index in [1.807, 2.05) is 30.0 Å². The predicted molar refractivity (Wildman–Crippen MR) is 50.9 cm³/mol. The van der Waals surface area contributed by atoms with Crippen LogP contribution in [0.2, 0.25) is 0 Å². The monoisotopic (exact) mass is 165 g/mol. The van der Waals surface area contributed by atoms with E-state index in [-0.39, 0.29) is 0 Å². The second-order valence-electron chi connectivity index (χ2n) is 3.45. The summed E-state index contributed by atoms with van der Waals surface area (Å²) in [5.74, 6) is 0. The Morgan fingerprint density at radius 2 is 2.09 bits per heavy atom. The molecule has 11 heavy (non-hydrogen) atoms. The molecule has 0 unspecified atom stereocenters. The summed E-state index contributed by atoms with van der Waals surface area (Å²) in [5.41, 5.74) is 0. The molecular formula is C10H13S. The molecule has 0 atom stereocenters. The molecule has 0 bridgehead atoms. The summed E-state index contributed by atoms with van der Waals surface area (Å²) < 4.78 is 0.301. The Kier molecular flexibility index (Phi) is 2.61. The SMILES string of the molecule is CC(C)(C)Sc1c[c]ccc1. The summed E-state index contributed by atoms with van der Waals surface area (Å²) in [5, 5.41) is 0. The predicted octanol–water partition coefficient (Wildman–Crippen LogP) is 3.38. The van der Waals surface area contributed by atoms with Gasteiger partial charge in [-0.15, -0.1) is 11.8 Å². The third kappa shape index (κ3) is 3.47. The summed E-state index contributed by atoms with van der Waals surface area (Å²) in [6.07, 6.45) is 0. The van der Waals surface area contributed by atoms with Gasteiger partial charge in [-0.05, 0) is 18.2 Å². The minimum absolute atomic E-state index is 0.301. The molecule has 1 heteroatoms. The van der Waals surface area contributed by atoms with Crippen molar-refractivity contribution in [1.29, 1.82) is 0 Å². The van der Waals surface area contributed by atoms with Gasteiger partial charge in [-0.2, -0.15) is 0 Å². The van der Waals surface area contributed by atoms with Crippen LogP contribution in [0.4, 0.5) is 0 Å². The molecule has 1 aromatic carbocycles. The molecule has 59 valence electrons. The van der Waals surface area contributed by atoms with Crippen molar-refractivity contribution in [3.8, 4) is 0 Å². The molecule has 0 aliphatic carbocycles. The molecule has 0 heterocycles. The van der Waals surface area contributed by atoms with Crippen molar-refractivity contribution >= 4 is 11.8 Å². The first-order valence-corrected chi connectivity index (χ1v) is 4.55. The molecule has 0 aromatic heterocycles. The second kappa shape index (κ2) is 3.31. The third-order valence-electron chi connectivity index (χ3n) is 1.10. The maximum Gasteiger partial charge on any atom is 0.0122 e. The van der Waals surface area contributed by atoms with Crippen molar-refractivity contribution in [3.05, 3.63) is 30.3 Å². The first kappa shape index (κ1) is 8.66. The molecule has 1 rings (SSSR count). The summed E-state index contributed by atoms with van der Waals surface area (Å²) in [6.45, 7) is 6.64. The lowest BCUT2D eigenvalue weighted by Crippen LogP contribution is -2.06. The van der Waals surface area contributed by atoms with Gasteiger partial charge in [0.15, 0.2) is 0 Å². The molecule has 0 fully saturated rings. The smallest absolute Gasteiger partial charge is 0.0122 e. The van der Waals surface area contributed by atoms with Gasteiger partial charge in [-0.25, -0.2) is 0 Å². The summed E-state index contributed by atoms with van der Waals surface area (Å²) in [6, 6.07) is 11.1.